The molecular formula is C21H29FN6O4. The van der Waals surface area contributed by atoms with Gasteiger partial charge in [-0.2, -0.15) is 0 Å². The van der Waals surface area contributed by atoms with Gasteiger partial charge in [-0.1, -0.05) is 5.21 Å². The largest absolute Gasteiger partial charge is 0.351 e. The van der Waals surface area contributed by atoms with Crippen molar-refractivity contribution in [2.24, 2.45) is 0 Å². The molecule has 1 aromatic carbocycles. The molecule has 0 bridgehead atoms. The zero-order valence-electron chi connectivity index (χ0n) is 18.4. The summed E-state index contributed by atoms with van der Waals surface area (Å²) < 4.78 is 25.5. The number of hydrogen-bond donors (Lipinski definition) is 1. The summed E-state index contributed by atoms with van der Waals surface area (Å²) in [5.41, 5.74) is 0.809. The number of anilines is 1. The third-order valence-corrected chi connectivity index (χ3v) is 4.95. The summed E-state index contributed by atoms with van der Waals surface area (Å²) in [4.78, 5) is 28.7. The smallest absolute Gasteiger partial charge is 0.276 e. The number of amides is 2. The average Bonchev–Trinajstić information content (AvgIpc) is 3.24. The molecule has 0 spiro atoms. The van der Waals surface area contributed by atoms with Gasteiger partial charge in [0, 0.05) is 45.1 Å². The number of aromatic nitrogens is 3. The molecule has 2 heterocycles. The molecule has 0 saturated carbocycles. The highest BCUT2D eigenvalue weighted by Crippen LogP contribution is 2.10. The fraction of sp³-hybridized carbons (Fsp3) is 0.524. The zero-order valence-corrected chi connectivity index (χ0v) is 18.4. The van der Waals surface area contributed by atoms with Gasteiger partial charge in [0.05, 0.1) is 19.3 Å². The second-order valence-electron chi connectivity index (χ2n) is 7.29. The fourth-order valence-electron chi connectivity index (χ4n) is 3.37. The van der Waals surface area contributed by atoms with Crippen LogP contribution in [-0.2, 0) is 20.8 Å². The first-order valence-electron chi connectivity index (χ1n) is 10.7. The summed E-state index contributed by atoms with van der Waals surface area (Å²) in [6.45, 7) is 7.43. The number of carbonyl (C=O) groups is 2. The van der Waals surface area contributed by atoms with Crippen LogP contribution in [-0.4, -0.2) is 88.8 Å². The lowest BCUT2D eigenvalue weighted by Crippen LogP contribution is -2.50. The third-order valence-electron chi connectivity index (χ3n) is 4.95. The summed E-state index contributed by atoms with van der Waals surface area (Å²) in [7, 11) is 0. The van der Waals surface area contributed by atoms with Crippen molar-refractivity contribution < 1.29 is 23.5 Å². The van der Waals surface area contributed by atoms with Crippen LogP contribution in [0.4, 0.5) is 10.1 Å². The topological polar surface area (TPSA) is 102 Å². The Bertz CT molecular complexity index is 877. The van der Waals surface area contributed by atoms with E-state index >= 15 is 0 Å². The minimum Gasteiger partial charge on any atom is -0.351 e. The first-order valence-corrected chi connectivity index (χ1v) is 10.7. The number of nitrogens with zero attached hydrogens (tertiary/aromatic N) is 5. The van der Waals surface area contributed by atoms with Crippen molar-refractivity contribution in [2.75, 3.05) is 51.3 Å². The first-order chi connectivity index (χ1) is 15.5. The Morgan fingerprint density at radius 1 is 1.09 bits per heavy atom. The maximum atomic E-state index is 13.0. The average molecular weight is 448 g/mol. The van der Waals surface area contributed by atoms with Gasteiger partial charge in [-0.15, -0.1) is 5.10 Å². The minimum absolute atomic E-state index is 0.183. The van der Waals surface area contributed by atoms with Crippen molar-refractivity contribution in [3.63, 3.8) is 0 Å². The predicted octanol–water partition coefficient (Wildman–Crippen LogP) is 1.21. The van der Waals surface area contributed by atoms with Crippen LogP contribution in [0.3, 0.4) is 0 Å². The van der Waals surface area contributed by atoms with Crippen molar-refractivity contribution in [1.82, 2.24) is 24.8 Å². The van der Waals surface area contributed by atoms with Crippen LogP contribution in [0.2, 0.25) is 0 Å². The molecule has 174 valence electrons. The lowest BCUT2D eigenvalue weighted by Gasteiger charge is -2.33. The Morgan fingerprint density at radius 3 is 2.38 bits per heavy atom. The Morgan fingerprint density at radius 2 is 1.75 bits per heavy atom. The van der Waals surface area contributed by atoms with Gasteiger partial charge < -0.3 is 19.7 Å². The molecule has 1 fully saturated rings. The van der Waals surface area contributed by atoms with Gasteiger partial charge in [0.25, 0.3) is 5.91 Å². The van der Waals surface area contributed by atoms with E-state index in [1.54, 1.807) is 15.8 Å². The molecule has 10 nitrogen and oxygen atoms in total. The zero-order chi connectivity index (χ0) is 22.9. The molecule has 1 N–H and O–H groups in total. The Hall–Kier alpha value is -2.89. The number of carbonyl (C=O) groups excluding carboxylic acids is 2. The summed E-state index contributed by atoms with van der Waals surface area (Å²) in [6.07, 6.45) is 1.15. The SMILES string of the molecule is CCOC(Cn1cc(C(=O)N2CCN(CC(=O)Nc3ccc(F)cc3)CC2)nn1)OCC. The van der Waals surface area contributed by atoms with Gasteiger partial charge in [-0.25, -0.2) is 9.07 Å². The number of rotatable bonds is 10. The van der Waals surface area contributed by atoms with E-state index in [4.69, 9.17) is 9.47 Å². The number of ether oxygens (including phenoxy) is 2. The van der Waals surface area contributed by atoms with E-state index in [-0.39, 0.29) is 29.9 Å². The molecule has 1 aliphatic rings. The second-order valence-corrected chi connectivity index (χ2v) is 7.29. The maximum Gasteiger partial charge on any atom is 0.276 e. The van der Waals surface area contributed by atoms with Crippen molar-refractivity contribution >= 4 is 17.5 Å². The second kappa shape index (κ2) is 11.7. The van der Waals surface area contributed by atoms with Gasteiger partial charge in [-0.3, -0.25) is 14.5 Å². The summed E-state index contributed by atoms with van der Waals surface area (Å²) in [5.74, 6) is -0.735. The van der Waals surface area contributed by atoms with Crippen molar-refractivity contribution in [3.8, 4) is 0 Å². The predicted molar refractivity (Wildman–Crippen MR) is 114 cm³/mol. The molecule has 0 unspecified atom stereocenters. The van der Waals surface area contributed by atoms with Gasteiger partial charge in [0.15, 0.2) is 12.0 Å². The lowest BCUT2D eigenvalue weighted by atomic mass is 10.2. The lowest BCUT2D eigenvalue weighted by molar-refractivity contribution is -0.145. The number of benzene rings is 1. The van der Waals surface area contributed by atoms with E-state index in [1.165, 1.54) is 24.3 Å². The molecule has 3 rings (SSSR count). The van der Waals surface area contributed by atoms with Gasteiger partial charge in [0.2, 0.25) is 5.91 Å². The Kier molecular flexibility index (Phi) is 8.65. The van der Waals surface area contributed by atoms with E-state index in [9.17, 15) is 14.0 Å². The fourth-order valence-corrected chi connectivity index (χ4v) is 3.37. The molecule has 1 saturated heterocycles. The third kappa shape index (κ3) is 6.81. The van der Waals surface area contributed by atoms with Crippen LogP contribution in [0, 0.1) is 5.82 Å². The number of nitrogens with one attached hydrogen (secondary N) is 1. The maximum absolute atomic E-state index is 13.0. The highest BCUT2D eigenvalue weighted by Gasteiger charge is 2.25. The van der Waals surface area contributed by atoms with Crippen LogP contribution >= 0.6 is 0 Å². The van der Waals surface area contributed by atoms with Gasteiger partial charge >= 0.3 is 0 Å². The Balaban J connectivity index is 1.45. The summed E-state index contributed by atoms with van der Waals surface area (Å²) >= 11 is 0. The molecule has 32 heavy (non-hydrogen) atoms. The van der Waals surface area contributed by atoms with Crippen molar-refractivity contribution in [1.29, 1.82) is 0 Å². The Labute approximate surface area is 186 Å². The van der Waals surface area contributed by atoms with E-state index < -0.39 is 6.29 Å². The quantitative estimate of drug-likeness (QED) is 0.545. The number of hydrogen-bond acceptors (Lipinski definition) is 7. The standard InChI is InChI=1S/C21H29FN6O4/c1-3-31-20(32-4-2)15-28-13-18(24-25-28)21(30)27-11-9-26(10-12-27)14-19(29)23-17-7-5-16(22)6-8-17/h5-8,13,20H,3-4,9-12,14-15H2,1-2H3,(H,23,29). The highest BCUT2D eigenvalue weighted by atomic mass is 19.1. The van der Waals surface area contributed by atoms with Crippen LogP contribution in [0.1, 0.15) is 24.3 Å². The number of halogens is 1. The van der Waals surface area contributed by atoms with Crippen LogP contribution in [0.25, 0.3) is 0 Å². The summed E-state index contributed by atoms with van der Waals surface area (Å²) in [5, 5.41) is 10.7. The highest BCUT2D eigenvalue weighted by molar-refractivity contribution is 5.93. The van der Waals surface area contributed by atoms with Gasteiger partial charge in [-0.05, 0) is 38.1 Å². The molecule has 2 amide bonds. The molecule has 11 heteroatoms. The molecule has 0 atom stereocenters. The van der Waals surface area contributed by atoms with E-state index in [1.807, 2.05) is 18.7 Å². The van der Waals surface area contributed by atoms with E-state index in [2.05, 4.69) is 15.6 Å². The van der Waals surface area contributed by atoms with Crippen molar-refractivity contribution in [3.05, 3.63) is 42.0 Å². The number of piperazine rings is 1. The molecule has 1 aromatic heterocycles. The monoisotopic (exact) mass is 448 g/mol. The van der Waals surface area contributed by atoms with E-state index in [0.29, 0.717) is 51.6 Å². The molecule has 0 aliphatic carbocycles. The van der Waals surface area contributed by atoms with Crippen LogP contribution < -0.4 is 5.32 Å². The first kappa shape index (κ1) is 23.8. The molecular weight excluding hydrogens is 419 g/mol. The van der Waals surface area contributed by atoms with E-state index in [0.717, 1.165) is 0 Å². The summed E-state index contributed by atoms with van der Waals surface area (Å²) in [6, 6.07) is 5.62. The minimum atomic E-state index is -0.445. The van der Waals surface area contributed by atoms with Gasteiger partial charge in [0.1, 0.15) is 5.82 Å². The van der Waals surface area contributed by atoms with Crippen molar-refractivity contribution in [2.45, 2.75) is 26.7 Å². The van der Waals surface area contributed by atoms with Crippen LogP contribution in [0.5, 0.6) is 0 Å². The van der Waals surface area contributed by atoms with Crippen LogP contribution in [0.15, 0.2) is 30.5 Å². The normalized spacial score (nSPS) is 14.7. The molecule has 2 aromatic rings. The molecule has 0 radical (unpaired) electrons. The molecule has 1 aliphatic heterocycles.